The van der Waals surface area contributed by atoms with Gasteiger partial charge in [-0.15, -0.1) is 11.8 Å². The van der Waals surface area contributed by atoms with Crippen LogP contribution in [0.15, 0.2) is 60.2 Å². The first-order valence-corrected chi connectivity index (χ1v) is 10.3. The molecule has 0 heterocycles. The molecule has 0 aliphatic carbocycles. The Bertz CT molecular complexity index is 822. The van der Waals surface area contributed by atoms with Crippen LogP contribution in [0.25, 0.3) is 0 Å². The fraction of sp³-hybridized carbons (Fsp3) is 0.273. The molecule has 0 aliphatic rings. The van der Waals surface area contributed by atoms with Crippen molar-refractivity contribution < 1.29 is 19.0 Å². The van der Waals surface area contributed by atoms with Crippen LogP contribution >= 0.6 is 11.8 Å². The van der Waals surface area contributed by atoms with E-state index in [1.54, 1.807) is 19.4 Å². The van der Waals surface area contributed by atoms with Crippen LogP contribution in [-0.4, -0.2) is 38.2 Å². The quantitative estimate of drug-likeness (QED) is 0.322. The van der Waals surface area contributed by atoms with Gasteiger partial charge < -0.3 is 14.2 Å². The second-order valence-electron chi connectivity index (χ2n) is 5.87. The molecule has 0 atom stereocenters. The molecule has 7 heteroatoms. The third-order valence-corrected chi connectivity index (χ3v) is 4.69. The molecule has 0 saturated carbocycles. The predicted octanol–water partition coefficient (Wildman–Crippen LogP) is 4.04. The van der Waals surface area contributed by atoms with Crippen molar-refractivity contribution in [2.24, 2.45) is 5.10 Å². The Labute approximate surface area is 175 Å². The van der Waals surface area contributed by atoms with Crippen molar-refractivity contribution in [3.05, 3.63) is 66.2 Å². The van der Waals surface area contributed by atoms with E-state index < -0.39 is 0 Å². The molecule has 0 saturated heterocycles. The van der Waals surface area contributed by atoms with Crippen molar-refractivity contribution in [2.45, 2.75) is 12.7 Å². The van der Waals surface area contributed by atoms with Crippen LogP contribution in [0.5, 0.6) is 17.2 Å². The Kier molecular flexibility index (Phi) is 9.65. The molecular weight excluding hydrogens is 388 g/mol. The second kappa shape index (κ2) is 12.5. The van der Waals surface area contributed by atoms with Crippen molar-refractivity contribution in [1.82, 2.24) is 5.43 Å². The number of amides is 1. The smallest absolute Gasteiger partial charge is 0.250 e. The van der Waals surface area contributed by atoms with Crippen LogP contribution in [0.4, 0.5) is 0 Å². The normalized spacial score (nSPS) is 10.6. The summed E-state index contributed by atoms with van der Waals surface area (Å²) < 4.78 is 16.3. The van der Waals surface area contributed by atoms with Gasteiger partial charge in [-0.3, -0.25) is 4.79 Å². The fourth-order valence-electron chi connectivity index (χ4n) is 2.34. The number of hydrogen-bond donors (Lipinski definition) is 1. The maximum Gasteiger partial charge on any atom is 0.250 e. The molecule has 29 heavy (non-hydrogen) atoms. The molecule has 0 aromatic heterocycles. The van der Waals surface area contributed by atoms with E-state index in [1.807, 2.05) is 49.4 Å². The van der Waals surface area contributed by atoms with Gasteiger partial charge >= 0.3 is 0 Å². The van der Waals surface area contributed by atoms with Gasteiger partial charge in [-0.2, -0.15) is 5.10 Å². The molecule has 2 aromatic rings. The predicted molar refractivity (Wildman–Crippen MR) is 118 cm³/mol. The number of benzene rings is 2. The van der Waals surface area contributed by atoms with Crippen LogP contribution in [0.3, 0.4) is 0 Å². The number of carbonyl (C=O) groups excluding carboxylic acids is 1. The number of ether oxygens (including phenoxy) is 3. The lowest BCUT2D eigenvalue weighted by atomic mass is 10.2. The summed E-state index contributed by atoms with van der Waals surface area (Å²) in [6.45, 7) is 6.46. The molecule has 0 aliphatic heterocycles. The van der Waals surface area contributed by atoms with Crippen LogP contribution in [0.2, 0.25) is 0 Å². The largest absolute Gasteiger partial charge is 0.497 e. The first kappa shape index (κ1) is 22.4. The molecule has 154 valence electrons. The number of nitrogens with zero attached hydrogens (tertiary/aromatic N) is 1. The van der Waals surface area contributed by atoms with Crippen LogP contribution < -0.4 is 19.6 Å². The van der Waals surface area contributed by atoms with E-state index in [0.717, 1.165) is 22.6 Å². The number of carbonyl (C=O) groups is 1. The average Bonchev–Trinajstić information content (AvgIpc) is 2.74. The van der Waals surface area contributed by atoms with Crippen LogP contribution in [-0.2, 0) is 10.5 Å². The van der Waals surface area contributed by atoms with Gasteiger partial charge in [0.2, 0.25) is 5.91 Å². The van der Waals surface area contributed by atoms with E-state index >= 15 is 0 Å². The molecule has 2 rings (SSSR count). The van der Waals surface area contributed by atoms with Gasteiger partial charge in [-0.1, -0.05) is 24.8 Å². The van der Waals surface area contributed by atoms with Crippen molar-refractivity contribution in [3.63, 3.8) is 0 Å². The van der Waals surface area contributed by atoms with Gasteiger partial charge in [0.15, 0.2) is 11.5 Å². The highest BCUT2D eigenvalue weighted by Crippen LogP contribution is 2.28. The third kappa shape index (κ3) is 7.91. The summed E-state index contributed by atoms with van der Waals surface area (Å²) in [4.78, 5) is 11.9. The SMILES string of the molecule is C=CCOc1ccc(/C=N/NC(=O)CSCc2ccc(OC)cc2)cc1OCC. The Morgan fingerprint density at radius 2 is 1.97 bits per heavy atom. The van der Waals surface area contributed by atoms with E-state index in [9.17, 15) is 4.79 Å². The lowest BCUT2D eigenvalue weighted by Gasteiger charge is -2.11. The number of thioether (sulfide) groups is 1. The zero-order valence-electron chi connectivity index (χ0n) is 16.7. The summed E-state index contributed by atoms with van der Waals surface area (Å²) in [6, 6.07) is 13.3. The first-order valence-electron chi connectivity index (χ1n) is 9.19. The summed E-state index contributed by atoms with van der Waals surface area (Å²) in [5.41, 5.74) is 4.47. The monoisotopic (exact) mass is 414 g/mol. The lowest BCUT2D eigenvalue weighted by molar-refractivity contribution is -0.118. The third-order valence-electron chi connectivity index (χ3n) is 3.69. The zero-order chi connectivity index (χ0) is 20.9. The Morgan fingerprint density at radius 3 is 2.66 bits per heavy atom. The van der Waals surface area contributed by atoms with Gasteiger partial charge in [0.1, 0.15) is 12.4 Å². The van der Waals surface area contributed by atoms with Gasteiger partial charge in [0.05, 0.1) is 25.7 Å². The Balaban J connectivity index is 1.80. The summed E-state index contributed by atoms with van der Waals surface area (Å²) in [5.74, 6) is 2.99. The summed E-state index contributed by atoms with van der Waals surface area (Å²) in [5, 5.41) is 4.02. The van der Waals surface area contributed by atoms with E-state index in [1.165, 1.54) is 11.8 Å². The zero-order valence-corrected chi connectivity index (χ0v) is 17.5. The fourth-order valence-corrected chi connectivity index (χ4v) is 3.12. The molecule has 0 radical (unpaired) electrons. The highest BCUT2D eigenvalue weighted by Gasteiger charge is 2.06. The molecule has 0 spiro atoms. The van der Waals surface area contributed by atoms with Crippen molar-refractivity contribution in [1.29, 1.82) is 0 Å². The molecule has 2 aromatic carbocycles. The average molecular weight is 415 g/mol. The molecule has 0 unspecified atom stereocenters. The minimum atomic E-state index is -0.157. The number of methoxy groups -OCH3 is 1. The van der Waals surface area contributed by atoms with Gasteiger partial charge in [0.25, 0.3) is 0 Å². The van der Waals surface area contributed by atoms with Gasteiger partial charge in [0, 0.05) is 5.75 Å². The minimum Gasteiger partial charge on any atom is -0.497 e. The first-order chi connectivity index (χ1) is 14.2. The van der Waals surface area contributed by atoms with Crippen molar-refractivity contribution in [2.75, 3.05) is 26.1 Å². The van der Waals surface area contributed by atoms with Crippen molar-refractivity contribution >= 4 is 23.9 Å². The van der Waals surface area contributed by atoms with Gasteiger partial charge in [-0.05, 0) is 48.4 Å². The van der Waals surface area contributed by atoms with E-state index in [4.69, 9.17) is 14.2 Å². The molecule has 6 nitrogen and oxygen atoms in total. The molecule has 0 fully saturated rings. The van der Waals surface area contributed by atoms with E-state index in [0.29, 0.717) is 30.5 Å². The Hall–Kier alpha value is -2.93. The maximum absolute atomic E-state index is 11.9. The van der Waals surface area contributed by atoms with E-state index in [-0.39, 0.29) is 5.91 Å². The highest BCUT2D eigenvalue weighted by atomic mass is 32.2. The number of rotatable bonds is 12. The molecular formula is C22H26N2O4S. The summed E-state index contributed by atoms with van der Waals surface area (Å²) >= 11 is 1.52. The number of hydrazone groups is 1. The highest BCUT2D eigenvalue weighted by molar-refractivity contribution is 7.99. The number of nitrogens with one attached hydrogen (secondary N) is 1. The lowest BCUT2D eigenvalue weighted by Crippen LogP contribution is -2.19. The molecule has 0 bridgehead atoms. The standard InChI is InChI=1S/C22H26N2O4S/c1-4-12-28-20-11-8-18(13-21(20)27-5-2)14-23-24-22(25)16-29-15-17-6-9-19(26-3)10-7-17/h4,6-11,13-14H,1,5,12,15-16H2,2-3H3,(H,24,25)/b23-14+. The topological polar surface area (TPSA) is 69.2 Å². The number of hydrogen-bond acceptors (Lipinski definition) is 6. The summed E-state index contributed by atoms with van der Waals surface area (Å²) in [6.07, 6.45) is 3.25. The Morgan fingerprint density at radius 1 is 1.17 bits per heavy atom. The van der Waals surface area contributed by atoms with Crippen molar-refractivity contribution in [3.8, 4) is 17.2 Å². The second-order valence-corrected chi connectivity index (χ2v) is 6.86. The minimum absolute atomic E-state index is 0.157. The maximum atomic E-state index is 11.9. The van der Waals surface area contributed by atoms with Gasteiger partial charge in [-0.25, -0.2) is 5.43 Å². The molecule has 1 amide bonds. The van der Waals surface area contributed by atoms with Crippen LogP contribution in [0, 0.1) is 0 Å². The summed E-state index contributed by atoms with van der Waals surface area (Å²) in [7, 11) is 1.64. The van der Waals surface area contributed by atoms with E-state index in [2.05, 4.69) is 17.1 Å². The van der Waals surface area contributed by atoms with Crippen LogP contribution in [0.1, 0.15) is 18.1 Å². The molecule has 1 N–H and O–H groups in total.